The molecular formula is C26H25Cl2F2N3O3S. The van der Waals surface area contributed by atoms with E-state index in [1.54, 1.807) is 43.7 Å². The van der Waals surface area contributed by atoms with Crippen LogP contribution in [0.1, 0.15) is 24.9 Å². The van der Waals surface area contributed by atoms with Gasteiger partial charge in [0.05, 0.1) is 29.6 Å². The molecule has 0 saturated heterocycles. The number of imidazole rings is 1. The number of hydrogen-bond donors (Lipinski definition) is 0. The van der Waals surface area contributed by atoms with Gasteiger partial charge >= 0.3 is 0 Å². The summed E-state index contributed by atoms with van der Waals surface area (Å²) in [6.45, 7) is 2.70. The molecule has 1 atom stereocenters. The third-order valence-corrected chi connectivity index (χ3v) is 7.77. The highest BCUT2D eigenvalue weighted by atomic mass is 35.5. The van der Waals surface area contributed by atoms with Gasteiger partial charge in [0.1, 0.15) is 17.4 Å². The van der Waals surface area contributed by atoms with Crippen LogP contribution >= 0.6 is 24.0 Å². The van der Waals surface area contributed by atoms with E-state index in [4.69, 9.17) is 16.3 Å². The van der Waals surface area contributed by atoms with Crippen molar-refractivity contribution in [3.05, 3.63) is 108 Å². The summed E-state index contributed by atoms with van der Waals surface area (Å²) >= 11 is 5.94. The van der Waals surface area contributed by atoms with Gasteiger partial charge in [-0.15, -0.1) is 12.4 Å². The maximum Gasteiger partial charge on any atom is 0.264 e. The van der Waals surface area contributed by atoms with Crippen molar-refractivity contribution in [3.8, 4) is 5.75 Å². The van der Waals surface area contributed by atoms with E-state index in [0.29, 0.717) is 42.0 Å². The molecule has 1 heterocycles. The maximum atomic E-state index is 15.0. The molecule has 0 amide bonds. The zero-order chi connectivity index (χ0) is 25.7. The number of benzene rings is 3. The third kappa shape index (κ3) is 6.60. The summed E-state index contributed by atoms with van der Waals surface area (Å²) in [6.07, 6.45) is 5.96. The fourth-order valence-corrected chi connectivity index (χ4v) is 5.63. The fourth-order valence-electron chi connectivity index (χ4n) is 3.86. The number of aryl methyl sites for hydroxylation is 1. The van der Waals surface area contributed by atoms with Crippen molar-refractivity contribution in [2.24, 2.45) is 0 Å². The molecule has 4 aromatic rings. The number of hydrogen-bond acceptors (Lipinski definition) is 4. The summed E-state index contributed by atoms with van der Waals surface area (Å²) in [6, 6.07) is 14.5. The second-order valence-corrected chi connectivity index (χ2v) is 10.3. The topological polar surface area (TPSA) is 64.4 Å². The first kappa shape index (κ1) is 28.4. The van der Waals surface area contributed by atoms with E-state index in [-0.39, 0.29) is 23.0 Å². The highest BCUT2D eigenvalue weighted by Crippen LogP contribution is 2.38. The molecule has 0 aliphatic carbocycles. The molecular weight excluding hydrogens is 543 g/mol. The van der Waals surface area contributed by atoms with Crippen LogP contribution < -0.4 is 9.04 Å². The molecule has 1 aromatic heterocycles. The highest BCUT2D eigenvalue weighted by molar-refractivity contribution is 7.92. The predicted octanol–water partition coefficient (Wildman–Crippen LogP) is 6.66. The Morgan fingerprint density at radius 1 is 1.08 bits per heavy atom. The number of aromatic nitrogens is 2. The highest BCUT2D eigenvalue weighted by Gasteiger charge is 2.33. The Bertz CT molecular complexity index is 1420. The molecule has 3 aromatic carbocycles. The normalized spacial score (nSPS) is 12.0. The lowest BCUT2D eigenvalue weighted by Gasteiger charge is -2.32. The summed E-state index contributed by atoms with van der Waals surface area (Å²) in [4.78, 5) is 3.93. The van der Waals surface area contributed by atoms with Gasteiger partial charge in [-0.3, -0.25) is 4.31 Å². The lowest BCUT2D eigenvalue weighted by atomic mass is 10.1. The average Bonchev–Trinajstić information content (AvgIpc) is 3.37. The van der Waals surface area contributed by atoms with Gasteiger partial charge in [-0.1, -0.05) is 29.8 Å². The average molecular weight is 568 g/mol. The quantitative estimate of drug-likeness (QED) is 0.201. The van der Waals surface area contributed by atoms with Crippen molar-refractivity contribution >= 4 is 39.7 Å². The lowest BCUT2D eigenvalue weighted by molar-refractivity contribution is 0.297. The van der Waals surface area contributed by atoms with Crippen molar-refractivity contribution < 1.29 is 21.9 Å². The zero-order valence-electron chi connectivity index (χ0n) is 19.8. The molecule has 0 radical (unpaired) electrons. The summed E-state index contributed by atoms with van der Waals surface area (Å²) in [7, 11) is -4.28. The molecule has 0 N–H and O–H groups in total. The number of halogens is 4. The van der Waals surface area contributed by atoms with Crippen LogP contribution in [0, 0.1) is 11.6 Å². The van der Waals surface area contributed by atoms with E-state index in [1.165, 1.54) is 24.3 Å². The van der Waals surface area contributed by atoms with E-state index in [1.807, 2.05) is 10.8 Å². The van der Waals surface area contributed by atoms with Crippen LogP contribution in [0.5, 0.6) is 5.75 Å². The fraction of sp³-hybridized carbons (Fsp3) is 0.192. The molecule has 0 fully saturated rings. The molecule has 6 nitrogen and oxygen atoms in total. The summed E-state index contributed by atoms with van der Waals surface area (Å²) in [5.41, 5.74) is 0.246. The molecule has 37 heavy (non-hydrogen) atoms. The molecule has 11 heteroatoms. The third-order valence-electron chi connectivity index (χ3n) is 5.62. The zero-order valence-corrected chi connectivity index (χ0v) is 22.2. The minimum absolute atomic E-state index is 0. The van der Waals surface area contributed by atoms with Gasteiger partial charge in [0, 0.05) is 35.6 Å². The maximum absolute atomic E-state index is 15.0. The number of ether oxygens (including phenoxy) is 1. The smallest absolute Gasteiger partial charge is 0.264 e. The number of anilines is 1. The number of sulfonamides is 1. The van der Waals surface area contributed by atoms with Gasteiger partial charge in [-0.2, -0.15) is 0 Å². The van der Waals surface area contributed by atoms with Crippen LogP contribution in [0.15, 0.2) is 90.3 Å². The molecule has 196 valence electrons. The van der Waals surface area contributed by atoms with Crippen molar-refractivity contribution in [2.75, 3.05) is 10.9 Å². The second-order valence-electron chi connectivity index (χ2n) is 8.07. The Morgan fingerprint density at radius 2 is 1.81 bits per heavy atom. The molecule has 0 spiro atoms. The van der Waals surface area contributed by atoms with E-state index in [9.17, 15) is 17.2 Å². The molecule has 0 aliphatic rings. The van der Waals surface area contributed by atoms with E-state index in [2.05, 4.69) is 4.98 Å². The van der Waals surface area contributed by atoms with Crippen molar-refractivity contribution in [3.63, 3.8) is 0 Å². The standard InChI is InChI=1S/C26H24ClF2N3O3S.ClH/c1-19(23-5-2-3-6-26(23)35-16-4-14-31-15-13-30-18-31)32(25-12-9-21(28)17-24(25)29)36(33,34)22-10-7-20(27)8-11-22;/h2-3,5-13,15,17-19H,4,14,16H2,1H3;1H/t19-;/m1./s1. The summed E-state index contributed by atoms with van der Waals surface area (Å²) in [5.74, 6) is -1.35. The molecule has 0 bridgehead atoms. The molecule has 0 aliphatic heterocycles. The van der Waals surface area contributed by atoms with Gasteiger partial charge in [-0.05, 0) is 55.8 Å². The first-order chi connectivity index (χ1) is 17.3. The van der Waals surface area contributed by atoms with Crippen LogP contribution in [0.25, 0.3) is 0 Å². The first-order valence-electron chi connectivity index (χ1n) is 11.2. The van der Waals surface area contributed by atoms with Crippen molar-refractivity contribution in [1.29, 1.82) is 0 Å². The Morgan fingerprint density at radius 3 is 2.49 bits per heavy atom. The minimum atomic E-state index is -4.28. The van der Waals surface area contributed by atoms with E-state index in [0.717, 1.165) is 16.4 Å². The Hall–Kier alpha value is -3.14. The Labute approximate surface area is 225 Å². The van der Waals surface area contributed by atoms with Crippen LogP contribution in [0.2, 0.25) is 5.02 Å². The van der Waals surface area contributed by atoms with Gasteiger partial charge < -0.3 is 9.30 Å². The first-order valence-corrected chi connectivity index (χ1v) is 13.0. The van der Waals surface area contributed by atoms with E-state index < -0.39 is 27.7 Å². The Kier molecular flexibility index (Phi) is 9.53. The molecule has 0 unspecified atom stereocenters. The molecule has 0 saturated carbocycles. The second kappa shape index (κ2) is 12.4. The van der Waals surface area contributed by atoms with Crippen LogP contribution in [0.3, 0.4) is 0 Å². The summed E-state index contributed by atoms with van der Waals surface area (Å²) < 4.78 is 65.1. The van der Waals surface area contributed by atoms with Gasteiger partial charge in [0.25, 0.3) is 10.0 Å². The number of rotatable bonds is 10. The van der Waals surface area contributed by atoms with E-state index >= 15 is 0 Å². The Balaban J connectivity index is 0.00000380. The van der Waals surface area contributed by atoms with Crippen LogP contribution in [-0.4, -0.2) is 24.6 Å². The minimum Gasteiger partial charge on any atom is -0.493 e. The van der Waals surface area contributed by atoms with Crippen LogP contribution in [0.4, 0.5) is 14.5 Å². The van der Waals surface area contributed by atoms with Gasteiger partial charge in [-0.25, -0.2) is 22.2 Å². The number of nitrogens with zero attached hydrogens (tertiary/aromatic N) is 3. The summed E-state index contributed by atoms with van der Waals surface area (Å²) in [5, 5.41) is 0.357. The van der Waals surface area contributed by atoms with Gasteiger partial charge in [0.2, 0.25) is 0 Å². The predicted molar refractivity (Wildman–Crippen MR) is 142 cm³/mol. The van der Waals surface area contributed by atoms with Gasteiger partial charge in [0.15, 0.2) is 0 Å². The number of para-hydroxylation sites is 1. The largest absolute Gasteiger partial charge is 0.493 e. The monoisotopic (exact) mass is 567 g/mol. The van der Waals surface area contributed by atoms with Crippen molar-refractivity contribution in [2.45, 2.75) is 30.8 Å². The SMILES string of the molecule is C[C@H](c1ccccc1OCCCn1ccnc1)N(c1ccc(F)cc1F)S(=O)(=O)c1ccc(Cl)cc1.Cl. The lowest BCUT2D eigenvalue weighted by Crippen LogP contribution is -2.34. The van der Waals surface area contributed by atoms with Crippen molar-refractivity contribution in [1.82, 2.24) is 9.55 Å². The molecule has 4 rings (SSSR count). The van der Waals surface area contributed by atoms with Crippen LogP contribution in [-0.2, 0) is 16.6 Å².